The second-order valence-electron chi connectivity index (χ2n) is 27.1. The first kappa shape index (κ1) is 97.6. The lowest BCUT2D eigenvalue weighted by atomic mass is 9.96. The van der Waals surface area contributed by atoms with Gasteiger partial charge in [-0.05, 0) is 69.3 Å². The minimum Gasteiger partial charge on any atom is -0.497 e. The van der Waals surface area contributed by atoms with Gasteiger partial charge >= 0.3 is 29.8 Å². The number of cyclic esters (lactones) is 1. The molecule has 0 unspecified atom stereocenters. The summed E-state index contributed by atoms with van der Waals surface area (Å²) in [7, 11) is 2.69. The van der Waals surface area contributed by atoms with E-state index < -0.39 is 261 Å². The first-order chi connectivity index (χ1) is 54.7. The van der Waals surface area contributed by atoms with Gasteiger partial charge in [-0.2, -0.15) is 0 Å². The number of hydrogen-bond acceptors (Lipinski definition) is 26. The van der Waals surface area contributed by atoms with Crippen molar-refractivity contribution in [1.29, 1.82) is 0 Å². The number of ketones is 1. The van der Waals surface area contributed by atoms with Crippen molar-refractivity contribution in [2.45, 2.75) is 209 Å². The summed E-state index contributed by atoms with van der Waals surface area (Å²) in [6.07, 6.45) is -4.29. The van der Waals surface area contributed by atoms with E-state index in [0.29, 0.717) is 24.2 Å². The molecule has 1 heterocycles. The Bertz CT molecular complexity index is 3880. The normalized spacial score (nSPS) is 21.0. The molecule has 13 atom stereocenters. The van der Waals surface area contributed by atoms with Gasteiger partial charge in [0.1, 0.15) is 84.1 Å². The van der Waals surface area contributed by atoms with Crippen LogP contribution in [0.15, 0.2) is 42.5 Å². The standard InChI is InChI=1S/C72H104N16O28/c1-7-8-9-10-11-12-13-20-53(92)80-43(25-38-21-22-39(114-5)26-51(38)115-6)66(107)83-44(28-52(75)91)67(108)85-47(31-59(101)102)68(109)88-61-37(4)116-72(113)48(27-50(90)40-17-14-15-18-41(40)74)86-71(112)60(35(2)24-56(95)96)87-69(110)49(34-89)81-55(94)32-76-63(104)45(29-57(97)98)82-62(103)36(3)78-65(106)46(30-58(99)100)84-64(105)42(19-16-23-73)79-54(93)33-77-70(61)111/h14-15,17-18,21-22,26,35-37,42-49,60-61,89H,7-13,16,19-20,23-25,27-34,73-74H2,1-6H3,(H2,75,91)(H,76,104)(H,77,111)(H,78,106)(H,79,93)(H,80,92)(H,81,94)(H,82,103)(H,83,107)(H,84,105)(H,85,108)(H,86,112)(H,87,110)(H,88,109)(H,95,96)(H,97,98)(H,99,100)(H,101,102)/t35-,36+,37+,42-,43-,44-,45-,46-,47-,48-,49+,60-,61-/m0/s1. The molecule has 2 aromatic carbocycles. The van der Waals surface area contributed by atoms with Gasteiger partial charge < -0.3 is 126 Å². The van der Waals surface area contributed by atoms with E-state index in [4.69, 9.17) is 31.4 Å². The van der Waals surface area contributed by atoms with Crippen LogP contribution in [0.5, 0.6) is 11.5 Å². The highest BCUT2D eigenvalue weighted by atomic mass is 16.5. The number of aliphatic carboxylic acids is 4. The van der Waals surface area contributed by atoms with Crippen molar-refractivity contribution in [3.8, 4) is 11.5 Å². The van der Waals surface area contributed by atoms with Crippen molar-refractivity contribution in [3.63, 3.8) is 0 Å². The summed E-state index contributed by atoms with van der Waals surface area (Å²) in [6.45, 7) is 1.07. The zero-order valence-electron chi connectivity index (χ0n) is 64.8. The third-order valence-electron chi connectivity index (χ3n) is 17.7. The van der Waals surface area contributed by atoms with Gasteiger partial charge in [0.2, 0.25) is 82.7 Å². The van der Waals surface area contributed by atoms with E-state index in [1.54, 1.807) is 0 Å². The number of primary amides is 1. The predicted octanol–water partition coefficient (Wildman–Crippen LogP) is -6.09. The van der Waals surface area contributed by atoms with Gasteiger partial charge in [0.05, 0.1) is 66.0 Å². The summed E-state index contributed by atoms with van der Waals surface area (Å²) in [5.74, 6) is -29.5. The van der Waals surface area contributed by atoms with Gasteiger partial charge in [-0.25, -0.2) is 4.79 Å². The number of carbonyl (C=O) groups excluding carboxylic acids is 16. The van der Waals surface area contributed by atoms with E-state index in [9.17, 15) is 121 Å². The van der Waals surface area contributed by atoms with Crippen LogP contribution in [0.4, 0.5) is 5.69 Å². The van der Waals surface area contributed by atoms with Crippen molar-refractivity contribution in [3.05, 3.63) is 53.6 Å². The molecular weight excluding hydrogens is 1540 g/mol. The number of rotatable bonds is 37. The lowest BCUT2D eigenvalue weighted by Gasteiger charge is -2.30. The number of aliphatic hydroxyl groups is 1. The molecule has 1 aliphatic rings. The maximum absolute atomic E-state index is 14.8. The third-order valence-corrected chi connectivity index (χ3v) is 17.7. The first-order valence-electron chi connectivity index (χ1n) is 36.9. The maximum atomic E-state index is 14.8. The highest BCUT2D eigenvalue weighted by Crippen LogP contribution is 2.26. The predicted molar refractivity (Wildman–Crippen MR) is 402 cm³/mol. The number of esters is 1. The Morgan fingerprint density at radius 1 is 0.560 bits per heavy atom. The molecule has 0 aromatic heterocycles. The fourth-order valence-corrected chi connectivity index (χ4v) is 11.5. The molecular formula is C72H104N16O28. The summed E-state index contributed by atoms with van der Waals surface area (Å²) >= 11 is 0. The minimum atomic E-state index is -2.46. The Labute approximate surface area is 664 Å². The number of nitrogen functional groups attached to an aromatic ring is 1. The van der Waals surface area contributed by atoms with Gasteiger partial charge in [-0.3, -0.25) is 91.1 Å². The number of carboxylic acids is 4. The number of unbranched alkanes of at least 4 members (excludes halogenated alkanes) is 6. The van der Waals surface area contributed by atoms with Crippen molar-refractivity contribution in [2.75, 3.05) is 46.2 Å². The Balaban J connectivity index is 2.31. The molecule has 3 rings (SSSR count). The summed E-state index contributed by atoms with van der Waals surface area (Å²) in [5.41, 5.74) is 17.2. The lowest BCUT2D eigenvalue weighted by Crippen LogP contribution is -2.62. The van der Waals surface area contributed by atoms with E-state index in [1.165, 1.54) is 56.7 Å². The Morgan fingerprint density at radius 2 is 1.10 bits per heavy atom. The van der Waals surface area contributed by atoms with Crippen LogP contribution in [-0.2, 0) is 102 Å². The van der Waals surface area contributed by atoms with E-state index in [1.807, 2.05) is 16.0 Å². The van der Waals surface area contributed by atoms with Crippen molar-refractivity contribution < 1.29 is 136 Å². The molecule has 44 heteroatoms. The molecule has 24 N–H and O–H groups in total. The number of ether oxygens (including phenoxy) is 3. The number of carbonyl (C=O) groups is 20. The monoisotopic (exact) mass is 1640 g/mol. The van der Waals surface area contributed by atoms with Crippen molar-refractivity contribution >= 4 is 124 Å². The number of carboxylic acid groups (broad SMARTS) is 4. The van der Waals surface area contributed by atoms with Crippen molar-refractivity contribution in [2.24, 2.45) is 17.4 Å². The van der Waals surface area contributed by atoms with Crippen LogP contribution < -0.4 is 95.8 Å². The fraction of sp³-hybridized carbons (Fsp3) is 0.556. The minimum absolute atomic E-state index is 0.0544. The Hall–Kier alpha value is -12.6. The smallest absolute Gasteiger partial charge is 0.329 e. The maximum Gasteiger partial charge on any atom is 0.329 e. The number of benzene rings is 2. The van der Waals surface area contributed by atoms with Crippen LogP contribution in [0.2, 0.25) is 0 Å². The SMILES string of the molecule is CCCCCCCCCC(=O)N[C@@H](Cc1ccc(OC)cc1OC)C(=O)N[C@@H](CC(N)=O)C(=O)N[C@@H](CC(=O)O)C(=O)N[C@@H]1C(=O)NCC(=O)N[C@@H](CCCN)C(=O)N[C@@H](CC(=O)O)C(=O)N[C@H](C)C(=O)N[C@@H](CC(=O)O)C(=O)NCC(=O)N[C@H](CO)C(=O)N[C@@H]([C@@H](C)CC(=O)O)C(=O)N[C@@H](CC(=O)c2ccccc2N)C(=O)O[C@@H]1C. The molecule has 1 aliphatic heterocycles. The van der Waals surface area contributed by atoms with Crippen LogP contribution in [0.1, 0.15) is 146 Å². The molecule has 44 nitrogen and oxygen atoms in total. The summed E-state index contributed by atoms with van der Waals surface area (Å²) in [5, 5.41) is 77.9. The van der Waals surface area contributed by atoms with Gasteiger partial charge in [-0.15, -0.1) is 0 Å². The molecule has 14 amide bonds. The van der Waals surface area contributed by atoms with Crippen LogP contribution in [-0.4, -0.2) is 257 Å². The van der Waals surface area contributed by atoms with Crippen molar-refractivity contribution in [1.82, 2.24) is 69.1 Å². The highest BCUT2D eigenvalue weighted by Gasteiger charge is 2.41. The number of para-hydroxylation sites is 1. The average molecular weight is 1640 g/mol. The molecule has 2 aromatic rings. The van der Waals surface area contributed by atoms with Crippen LogP contribution in [0, 0.1) is 5.92 Å². The highest BCUT2D eigenvalue weighted by molar-refractivity contribution is 6.05. The Kier molecular flexibility index (Phi) is 41.9. The molecule has 640 valence electrons. The van der Waals surface area contributed by atoms with Crippen LogP contribution >= 0.6 is 0 Å². The van der Waals surface area contributed by atoms with Gasteiger partial charge in [0.15, 0.2) is 5.78 Å². The molecule has 1 saturated heterocycles. The molecule has 0 radical (unpaired) electrons. The third kappa shape index (κ3) is 34.4. The second-order valence-corrected chi connectivity index (χ2v) is 27.1. The number of Topliss-reactive ketones (excluding diaryl/α,β-unsaturated/α-hetero) is 1. The quantitative estimate of drug-likeness (QED) is 0.0130. The first-order valence-corrected chi connectivity index (χ1v) is 36.9. The van der Waals surface area contributed by atoms with Gasteiger partial charge in [-0.1, -0.05) is 70.6 Å². The zero-order chi connectivity index (χ0) is 87.1. The number of aliphatic hydroxyl groups excluding tert-OH is 1. The molecule has 0 spiro atoms. The zero-order valence-corrected chi connectivity index (χ0v) is 64.8. The molecule has 0 aliphatic carbocycles. The number of methoxy groups -OCH3 is 2. The van der Waals surface area contributed by atoms with E-state index >= 15 is 0 Å². The topological polar surface area (TPSA) is 705 Å². The largest absolute Gasteiger partial charge is 0.497 e. The Morgan fingerprint density at radius 3 is 1.67 bits per heavy atom. The van der Waals surface area contributed by atoms with E-state index in [2.05, 4.69) is 60.1 Å². The molecule has 1 fully saturated rings. The number of nitrogens with one attached hydrogen (secondary N) is 13. The van der Waals surface area contributed by atoms with Crippen LogP contribution in [0.25, 0.3) is 0 Å². The second kappa shape index (κ2) is 49.8. The van der Waals surface area contributed by atoms with Gasteiger partial charge in [0.25, 0.3) is 0 Å². The molecule has 116 heavy (non-hydrogen) atoms. The lowest BCUT2D eigenvalue weighted by molar-refractivity contribution is -0.156. The van der Waals surface area contributed by atoms with E-state index in [0.717, 1.165) is 52.9 Å². The summed E-state index contributed by atoms with van der Waals surface area (Å²) in [6, 6.07) is -13.2. The molecule has 0 saturated carbocycles. The fourth-order valence-electron chi connectivity index (χ4n) is 11.5. The van der Waals surface area contributed by atoms with E-state index in [-0.39, 0.29) is 42.8 Å². The summed E-state index contributed by atoms with van der Waals surface area (Å²) < 4.78 is 16.5. The number of amides is 14. The molecule has 0 bridgehead atoms. The average Bonchev–Trinajstić information content (AvgIpc) is 0.839. The summed E-state index contributed by atoms with van der Waals surface area (Å²) in [4.78, 5) is 273. The number of nitrogens with two attached hydrogens (primary N) is 3. The number of hydrogen-bond donors (Lipinski definition) is 21. The van der Waals surface area contributed by atoms with Crippen LogP contribution in [0.3, 0.4) is 0 Å². The van der Waals surface area contributed by atoms with Gasteiger partial charge in [0, 0.05) is 36.6 Å². The number of anilines is 1.